The zero-order chi connectivity index (χ0) is 22.9. The highest BCUT2D eigenvalue weighted by Gasteiger charge is 2.46. The van der Waals surface area contributed by atoms with E-state index in [1.54, 1.807) is 0 Å². The number of hydrogen-bond acceptors (Lipinski definition) is 5. The summed E-state index contributed by atoms with van der Waals surface area (Å²) in [4.78, 5) is 0. The van der Waals surface area contributed by atoms with Gasteiger partial charge in [0.25, 0.3) is 0 Å². The largest absolute Gasteiger partial charge is 0.374 e. The van der Waals surface area contributed by atoms with E-state index in [1.807, 2.05) is 91.0 Å². The molecule has 0 saturated carbocycles. The Bertz CT molecular complexity index is 941. The van der Waals surface area contributed by atoms with Crippen molar-refractivity contribution in [2.75, 3.05) is 6.61 Å². The van der Waals surface area contributed by atoms with Crippen LogP contribution in [0, 0.1) is 0 Å². The summed E-state index contributed by atoms with van der Waals surface area (Å²) in [6, 6.07) is 29.6. The molecule has 0 radical (unpaired) electrons. The maximum Gasteiger partial charge on any atom is 0.174 e. The van der Waals surface area contributed by atoms with Crippen LogP contribution in [0.3, 0.4) is 0 Å². The summed E-state index contributed by atoms with van der Waals surface area (Å²) >= 11 is 6.55. The Balaban J connectivity index is 1.46. The fourth-order valence-corrected chi connectivity index (χ4v) is 4.09. The summed E-state index contributed by atoms with van der Waals surface area (Å²) in [5.41, 5.74) is 3.10. The summed E-state index contributed by atoms with van der Waals surface area (Å²) in [5.74, 6) is 0. The van der Waals surface area contributed by atoms with Crippen molar-refractivity contribution in [2.45, 2.75) is 49.8 Å². The van der Waals surface area contributed by atoms with E-state index in [2.05, 4.69) is 0 Å². The predicted molar refractivity (Wildman–Crippen MR) is 127 cm³/mol. The van der Waals surface area contributed by atoms with E-state index in [9.17, 15) is 5.11 Å². The molecule has 0 aliphatic carbocycles. The minimum Gasteiger partial charge on any atom is -0.374 e. The lowest BCUT2D eigenvalue weighted by Crippen LogP contribution is -2.58. The van der Waals surface area contributed by atoms with Gasteiger partial charge in [0.1, 0.15) is 23.7 Å². The molecule has 4 rings (SSSR count). The minimum absolute atomic E-state index is 0.236. The van der Waals surface area contributed by atoms with E-state index in [0.717, 1.165) is 16.7 Å². The molecule has 0 amide bonds. The van der Waals surface area contributed by atoms with Crippen LogP contribution in [0.25, 0.3) is 0 Å². The topological polar surface area (TPSA) is 57.2 Å². The number of halogens is 1. The monoisotopic (exact) mass is 468 g/mol. The van der Waals surface area contributed by atoms with Crippen molar-refractivity contribution < 1.29 is 24.1 Å². The maximum absolute atomic E-state index is 10.5. The van der Waals surface area contributed by atoms with Crippen LogP contribution in [0.2, 0.25) is 0 Å². The molecule has 1 saturated heterocycles. The molecule has 1 aliphatic rings. The highest BCUT2D eigenvalue weighted by molar-refractivity contribution is 6.21. The lowest BCUT2D eigenvalue weighted by molar-refractivity contribution is -0.262. The van der Waals surface area contributed by atoms with E-state index >= 15 is 0 Å². The van der Waals surface area contributed by atoms with Gasteiger partial charge in [0, 0.05) is 0 Å². The van der Waals surface area contributed by atoms with Crippen LogP contribution in [0.1, 0.15) is 16.7 Å². The lowest BCUT2D eigenvalue weighted by atomic mass is 10.0. The second-order valence-corrected chi connectivity index (χ2v) is 8.54. The van der Waals surface area contributed by atoms with Crippen molar-refractivity contribution in [2.24, 2.45) is 0 Å². The van der Waals surface area contributed by atoms with Crippen molar-refractivity contribution >= 4 is 11.6 Å². The molecule has 1 N–H and O–H groups in total. The molecule has 0 aromatic heterocycles. The first kappa shape index (κ1) is 23.9. The quantitative estimate of drug-likeness (QED) is 0.437. The van der Waals surface area contributed by atoms with Crippen LogP contribution in [-0.2, 0) is 38.8 Å². The van der Waals surface area contributed by atoms with Gasteiger partial charge in [-0.05, 0) is 16.7 Å². The highest BCUT2D eigenvalue weighted by Crippen LogP contribution is 2.30. The van der Waals surface area contributed by atoms with E-state index in [4.69, 9.17) is 30.5 Å². The van der Waals surface area contributed by atoms with Crippen LogP contribution < -0.4 is 0 Å². The van der Waals surface area contributed by atoms with E-state index in [0.29, 0.717) is 19.8 Å². The standard InChI is InChI=1S/C27H29ClO5/c28-24-26(32-18-22-14-8-3-9-15-22)25(31-17-21-12-6-2-7-13-21)23(33-27(24)29)19-30-16-20-10-4-1-5-11-20/h1-15,23-27,29H,16-19H2/t23-,24+,25-,26-,27-/m1/s1. The number of rotatable bonds is 10. The maximum atomic E-state index is 10.5. The summed E-state index contributed by atoms with van der Waals surface area (Å²) in [7, 11) is 0. The highest BCUT2D eigenvalue weighted by atomic mass is 35.5. The van der Waals surface area contributed by atoms with Gasteiger partial charge in [0.2, 0.25) is 0 Å². The first-order valence-electron chi connectivity index (χ1n) is 11.1. The average molecular weight is 469 g/mol. The van der Waals surface area contributed by atoms with Crippen molar-refractivity contribution in [1.29, 1.82) is 0 Å². The second kappa shape index (κ2) is 12.3. The van der Waals surface area contributed by atoms with Gasteiger partial charge in [-0.25, -0.2) is 0 Å². The van der Waals surface area contributed by atoms with Gasteiger partial charge < -0.3 is 24.1 Å². The van der Waals surface area contributed by atoms with Crippen molar-refractivity contribution in [1.82, 2.24) is 0 Å². The molecular formula is C27H29ClO5. The van der Waals surface area contributed by atoms with Crippen molar-refractivity contribution in [3.05, 3.63) is 108 Å². The molecule has 3 aromatic carbocycles. The Kier molecular flexibility index (Phi) is 8.89. The summed E-state index contributed by atoms with van der Waals surface area (Å²) in [5, 5.41) is 9.71. The molecule has 33 heavy (non-hydrogen) atoms. The Labute approximate surface area is 199 Å². The van der Waals surface area contributed by atoms with Crippen molar-refractivity contribution in [3.63, 3.8) is 0 Å². The smallest absolute Gasteiger partial charge is 0.174 e. The first-order chi connectivity index (χ1) is 16.2. The average Bonchev–Trinajstić information content (AvgIpc) is 2.86. The molecule has 5 atom stereocenters. The fraction of sp³-hybridized carbons (Fsp3) is 0.333. The molecule has 0 spiro atoms. The van der Waals surface area contributed by atoms with Crippen LogP contribution in [0.4, 0.5) is 0 Å². The van der Waals surface area contributed by atoms with E-state index in [1.165, 1.54) is 0 Å². The van der Waals surface area contributed by atoms with Gasteiger partial charge in [0.15, 0.2) is 6.29 Å². The number of hydrogen-bond donors (Lipinski definition) is 1. The Hall–Kier alpha value is -2.25. The Morgan fingerprint density at radius 2 is 1.12 bits per heavy atom. The summed E-state index contributed by atoms with van der Waals surface area (Å²) in [6.07, 6.45) is -2.82. The number of aliphatic hydroxyl groups excluding tert-OH is 1. The molecule has 5 nitrogen and oxygen atoms in total. The van der Waals surface area contributed by atoms with Crippen LogP contribution in [0.15, 0.2) is 91.0 Å². The molecule has 6 heteroatoms. The zero-order valence-corrected chi connectivity index (χ0v) is 19.1. The number of ether oxygens (including phenoxy) is 4. The summed E-state index contributed by atoms with van der Waals surface area (Å²) in [6.45, 7) is 1.39. The third-order valence-corrected chi connectivity index (χ3v) is 6.02. The van der Waals surface area contributed by atoms with Gasteiger partial charge in [-0.3, -0.25) is 0 Å². The first-order valence-corrected chi connectivity index (χ1v) is 11.5. The second-order valence-electron chi connectivity index (χ2n) is 8.03. The van der Waals surface area contributed by atoms with Crippen molar-refractivity contribution in [3.8, 4) is 0 Å². The molecule has 3 aromatic rings. The van der Waals surface area contributed by atoms with Crippen LogP contribution in [-0.4, -0.2) is 41.7 Å². The number of benzene rings is 3. The molecule has 1 aliphatic heterocycles. The predicted octanol–water partition coefficient (Wildman–Crippen LogP) is 4.70. The van der Waals surface area contributed by atoms with Gasteiger partial charge in [-0.1, -0.05) is 91.0 Å². The Morgan fingerprint density at radius 1 is 0.667 bits per heavy atom. The van der Waals surface area contributed by atoms with Crippen LogP contribution in [0.5, 0.6) is 0 Å². The molecular weight excluding hydrogens is 440 g/mol. The lowest BCUT2D eigenvalue weighted by Gasteiger charge is -2.42. The SMILES string of the molecule is O[C@@H]1O[C@H](COCc2ccccc2)[C@@H](OCc2ccccc2)[C@H](OCc2ccccc2)[C@@H]1Cl. The molecule has 174 valence electrons. The number of aliphatic hydroxyl groups is 1. The third kappa shape index (κ3) is 6.87. The molecule has 0 bridgehead atoms. The third-order valence-electron chi connectivity index (χ3n) is 5.55. The Morgan fingerprint density at radius 3 is 1.64 bits per heavy atom. The minimum atomic E-state index is -1.19. The summed E-state index contributed by atoms with van der Waals surface area (Å²) < 4.78 is 24.2. The number of alkyl halides is 1. The van der Waals surface area contributed by atoms with Gasteiger partial charge in [0.05, 0.1) is 26.4 Å². The van der Waals surface area contributed by atoms with E-state index in [-0.39, 0.29) is 6.61 Å². The molecule has 1 heterocycles. The fourth-order valence-electron chi connectivity index (χ4n) is 3.81. The normalized spacial score (nSPS) is 25.1. The van der Waals surface area contributed by atoms with E-state index < -0.39 is 30.0 Å². The van der Waals surface area contributed by atoms with Gasteiger partial charge >= 0.3 is 0 Å². The molecule has 0 unspecified atom stereocenters. The van der Waals surface area contributed by atoms with Gasteiger partial charge in [-0.15, -0.1) is 11.6 Å². The molecule has 1 fully saturated rings. The van der Waals surface area contributed by atoms with Gasteiger partial charge in [-0.2, -0.15) is 0 Å². The zero-order valence-electron chi connectivity index (χ0n) is 18.3. The van der Waals surface area contributed by atoms with Crippen LogP contribution >= 0.6 is 11.6 Å².